The van der Waals surface area contributed by atoms with Crippen LogP contribution in [0.3, 0.4) is 0 Å². The Kier molecular flexibility index (Phi) is 8.23. The van der Waals surface area contributed by atoms with E-state index in [1.807, 2.05) is 0 Å². The van der Waals surface area contributed by atoms with Crippen molar-refractivity contribution in [1.82, 2.24) is 5.32 Å². The Balaban J connectivity index is 5.99. The van der Waals surface area contributed by atoms with Gasteiger partial charge in [-0.25, -0.2) is 0 Å². The van der Waals surface area contributed by atoms with Gasteiger partial charge < -0.3 is 0 Å². The Hall–Kier alpha value is -0.466. The van der Waals surface area contributed by atoms with E-state index in [0.717, 1.165) is 0 Å². The van der Waals surface area contributed by atoms with Gasteiger partial charge in [-0.15, -0.1) is 0 Å². The van der Waals surface area contributed by atoms with E-state index >= 15 is 0 Å². The topological polar surface area (TPSA) is 94.1 Å². The van der Waals surface area contributed by atoms with Crippen LogP contribution < -0.4 is 5.32 Å². The van der Waals surface area contributed by atoms with E-state index in [1.54, 1.807) is 41.5 Å². The van der Waals surface area contributed by atoms with Gasteiger partial charge in [-0.05, 0) is 0 Å². The average molecular weight is 355 g/mol. The molecule has 0 saturated heterocycles. The zero-order valence-electron chi connectivity index (χ0n) is 14.6. The van der Waals surface area contributed by atoms with Crippen molar-refractivity contribution in [3.8, 4) is 0 Å². The van der Waals surface area contributed by atoms with Crippen molar-refractivity contribution < 1.29 is 42.4 Å². The Bertz CT molecular complexity index is 378. The van der Waals surface area contributed by atoms with Crippen LogP contribution in [-0.4, -0.2) is 42.3 Å². The zero-order valence-corrected chi connectivity index (χ0v) is 16.2. The summed E-state index contributed by atoms with van der Waals surface area (Å²) in [5.41, 5.74) is -0.577. The van der Waals surface area contributed by atoms with Crippen LogP contribution in [0.1, 0.15) is 48.5 Å². The fourth-order valence-electron chi connectivity index (χ4n) is 1.96. The van der Waals surface area contributed by atoms with E-state index in [9.17, 15) is 14.7 Å². The molecule has 0 radical (unpaired) electrons. The molecule has 8 heteroatoms. The first-order chi connectivity index (χ1) is 10.0. The molecule has 130 valence electrons. The molecule has 1 amide bonds. The van der Waals surface area contributed by atoms with E-state index in [0.29, 0.717) is 0 Å². The predicted molar refractivity (Wildman–Crippen MR) is 78.8 cm³/mol. The molecule has 0 aromatic heterocycles. The molecule has 0 saturated carbocycles. The van der Waals surface area contributed by atoms with Gasteiger partial charge in [-0.1, -0.05) is 0 Å². The number of hydrogen-bond acceptors (Lipinski definition) is 5. The molecule has 0 rings (SSSR count). The monoisotopic (exact) mass is 355 g/mol. The molecule has 1 unspecified atom stereocenters. The number of amides is 1. The van der Waals surface area contributed by atoms with Crippen LogP contribution in [0.15, 0.2) is 0 Å². The summed E-state index contributed by atoms with van der Waals surface area (Å²) in [6, 6.07) is 0. The van der Waals surface area contributed by atoms with Gasteiger partial charge in [-0.2, -0.15) is 0 Å². The van der Waals surface area contributed by atoms with Gasteiger partial charge >= 0.3 is 137 Å². The van der Waals surface area contributed by atoms with E-state index < -0.39 is 38.9 Å². The number of hydrogen-bond donors (Lipinski definition) is 2. The van der Waals surface area contributed by atoms with Crippen LogP contribution in [0.5, 0.6) is 0 Å². The van der Waals surface area contributed by atoms with E-state index in [4.69, 9.17) is 9.96 Å². The summed E-state index contributed by atoms with van der Waals surface area (Å²) in [7, 11) is 0. The van der Waals surface area contributed by atoms with Gasteiger partial charge in [-0.3, -0.25) is 0 Å². The fourth-order valence-corrected chi connectivity index (χ4v) is 6.42. The Morgan fingerprint density at radius 2 is 1.32 bits per heavy atom. The van der Waals surface area contributed by atoms with Gasteiger partial charge in [0.25, 0.3) is 0 Å². The van der Waals surface area contributed by atoms with Crippen molar-refractivity contribution >= 4 is 11.9 Å². The summed E-state index contributed by atoms with van der Waals surface area (Å²) >= 11 is -4.41. The van der Waals surface area contributed by atoms with Crippen LogP contribution in [0, 0.1) is 0 Å². The second-order valence-corrected chi connectivity index (χ2v) is 10.6. The maximum atomic E-state index is 12.7. The van der Waals surface area contributed by atoms with Crippen LogP contribution in [0.2, 0.25) is 3.72 Å². The van der Waals surface area contributed by atoms with Crippen LogP contribution in [0.25, 0.3) is 0 Å². The third-order valence-corrected chi connectivity index (χ3v) is 8.72. The third-order valence-electron chi connectivity index (χ3n) is 2.99. The number of carboxylic acids is 1. The standard InChI is InChI=1S/C8H14NO3.3C2H5O.Ti/c1-5(7(11)12)6(10)9-8(2,3)4;3*1-2-3;/h1-4H3,(H,9,10)(H,11,12);3*2H2,1H3;/q;3*-1;+3. The van der Waals surface area contributed by atoms with Crippen molar-refractivity contribution in [3.63, 3.8) is 0 Å². The van der Waals surface area contributed by atoms with Crippen molar-refractivity contribution in [3.05, 3.63) is 0 Å². The molecule has 0 bridgehead atoms. The first-order valence-corrected chi connectivity index (χ1v) is 10.2. The van der Waals surface area contributed by atoms with E-state index in [2.05, 4.69) is 5.32 Å². The molecule has 7 nitrogen and oxygen atoms in total. The van der Waals surface area contributed by atoms with Crippen molar-refractivity contribution in [2.45, 2.75) is 57.7 Å². The number of carbonyl (C=O) groups is 2. The molecule has 0 aliphatic rings. The molecule has 0 aromatic carbocycles. The first-order valence-electron chi connectivity index (χ1n) is 7.48. The quantitative estimate of drug-likeness (QED) is 0.486. The molecule has 0 fully saturated rings. The summed E-state index contributed by atoms with van der Waals surface area (Å²) in [5.74, 6) is -1.95. The SMILES string of the molecule is CC[O][Ti]([O]CC)([O]CC)[C](C)(C(=O)O)C(=O)NC(C)(C)C. The Morgan fingerprint density at radius 1 is 0.955 bits per heavy atom. The molecule has 0 heterocycles. The minimum absolute atomic E-state index is 0.214. The normalized spacial score (nSPS) is 15.2. The number of rotatable bonds is 9. The molecule has 22 heavy (non-hydrogen) atoms. The summed E-state index contributed by atoms with van der Waals surface area (Å²) in [4.78, 5) is 24.7. The van der Waals surface area contributed by atoms with Crippen molar-refractivity contribution in [2.24, 2.45) is 0 Å². The fraction of sp³-hybridized carbons (Fsp3) is 0.857. The molecule has 2 N–H and O–H groups in total. The van der Waals surface area contributed by atoms with E-state index in [-0.39, 0.29) is 19.8 Å². The van der Waals surface area contributed by atoms with Gasteiger partial charge in [0, 0.05) is 0 Å². The third kappa shape index (κ3) is 4.76. The second kappa shape index (κ2) is 8.40. The molecular weight excluding hydrogens is 326 g/mol. The molecular formula is C14H29NO6Ti. The number of carboxylic acid groups (broad SMARTS) is 1. The summed E-state index contributed by atoms with van der Waals surface area (Å²) in [5, 5.41) is 12.5. The van der Waals surface area contributed by atoms with Crippen molar-refractivity contribution in [1.29, 1.82) is 0 Å². The van der Waals surface area contributed by atoms with Gasteiger partial charge in [0.2, 0.25) is 0 Å². The minimum atomic E-state index is -4.41. The average Bonchev–Trinajstić information content (AvgIpc) is 2.35. The van der Waals surface area contributed by atoms with Crippen LogP contribution >= 0.6 is 0 Å². The van der Waals surface area contributed by atoms with Gasteiger partial charge in [0.15, 0.2) is 0 Å². The summed E-state index contributed by atoms with van der Waals surface area (Å²) < 4.78 is 15.1. The summed E-state index contributed by atoms with van der Waals surface area (Å²) in [6.45, 7) is 12.5. The molecule has 1 atom stereocenters. The molecule has 0 aliphatic carbocycles. The zero-order chi connectivity index (χ0) is 17.6. The number of carbonyl (C=O) groups excluding carboxylic acids is 1. The molecule has 0 aromatic rings. The molecule has 0 aliphatic heterocycles. The Morgan fingerprint density at radius 3 is 1.55 bits per heavy atom. The van der Waals surface area contributed by atoms with Crippen LogP contribution in [0.4, 0.5) is 0 Å². The summed E-state index contributed by atoms with van der Waals surface area (Å²) in [6.07, 6.45) is 0. The Labute approximate surface area is 137 Å². The van der Waals surface area contributed by atoms with Crippen LogP contribution in [-0.2, 0) is 37.3 Å². The maximum absolute atomic E-state index is 12.7. The van der Waals surface area contributed by atoms with Gasteiger partial charge in [0.05, 0.1) is 0 Å². The first kappa shape index (κ1) is 21.5. The second-order valence-electron chi connectivity index (χ2n) is 5.99. The molecule has 0 spiro atoms. The number of aliphatic carboxylic acids is 1. The van der Waals surface area contributed by atoms with Crippen molar-refractivity contribution in [2.75, 3.05) is 19.8 Å². The van der Waals surface area contributed by atoms with Gasteiger partial charge in [0.1, 0.15) is 0 Å². The van der Waals surface area contributed by atoms with E-state index in [1.165, 1.54) is 6.92 Å². The number of nitrogens with one attached hydrogen (secondary N) is 1. The predicted octanol–water partition coefficient (Wildman–Crippen LogP) is 2.17.